The highest BCUT2D eigenvalue weighted by molar-refractivity contribution is 6.28. The summed E-state index contributed by atoms with van der Waals surface area (Å²) in [5, 5.41) is 10.7. The summed E-state index contributed by atoms with van der Waals surface area (Å²) >= 11 is 0. The van der Waals surface area contributed by atoms with Gasteiger partial charge < -0.3 is 0 Å². The lowest BCUT2D eigenvalue weighted by molar-refractivity contribution is 0.982. The van der Waals surface area contributed by atoms with Gasteiger partial charge in [-0.1, -0.05) is 170 Å². The molecule has 3 heterocycles. The third-order valence-electron chi connectivity index (χ3n) is 12.5. The molecule has 0 aliphatic rings. The van der Waals surface area contributed by atoms with E-state index >= 15 is 0 Å². The molecule has 0 radical (unpaired) electrons. The normalized spacial score (nSPS) is 12.0. The van der Waals surface area contributed by atoms with Crippen LogP contribution < -0.4 is 0 Å². The molecule has 0 aliphatic carbocycles. The Morgan fingerprint density at radius 2 is 0.817 bits per heavy atom. The number of hydrogen-bond donors (Lipinski definition) is 0. The maximum Gasteiger partial charge on any atom is 0.221 e. The Labute approximate surface area is 344 Å². The van der Waals surface area contributed by atoms with Crippen LogP contribution in [0.3, 0.4) is 0 Å². The molecular weight excluding hydrogens is 729 g/mol. The summed E-state index contributed by atoms with van der Waals surface area (Å²) in [6, 6.07) is 74.5. The van der Waals surface area contributed by atoms with E-state index in [0.717, 1.165) is 44.6 Å². The number of fused-ring (bicyclic) bond motifs is 12. The molecule has 0 amide bonds. The van der Waals surface area contributed by atoms with Gasteiger partial charge in [0.25, 0.3) is 0 Å². The zero-order valence-electron chi connectivity index (χ0n) is 32.4. The molecule has 13 rings (SSSR count). The van der Waals surface area contributed by atoms with Gasteiger partial charge in [-0.3, -0.25) is 8.97 Å². The standard InChI is InChI=1S/C56H34N4/c1-2-16-35(17-3-1)36-30-32-37(33-31-36)52-40-20-5-7-22-42(40)53(43-23-8-6-21-41(43)52)46-34-47-39-19-11-14-28-50(39)59(54(47)44-24-9-4-18-38(44)46)56-58-48-26-12-10-25-45(48)55-57-49-27-13-15-29-51(49)60(55)56/h1-34H. The molecule has 60 heavy (non-hydrogen) atoms. The topological polar surface area (TPSA) is 35.1 Å². The van der Waals surface area contributed by atoms with Crippen molar-refractivity contribution < 1.29 is 0 Å². The highest BCUT2D eigenvalue weighted by Gasteiger charge is 2.24. The monoisotopic (exact) mass is 762 g/mol. The maximum atomic E-state index is 5.48. The molecule has 0 bridgehead atoms. The Hall–Kier alpha value is -8.08. The lowest BCUT2D eigenvalue weighted by atomic mass is 9.84. The second-order valence-corrected chi connectivity index (χ2v) is 15.7. The van der Waals surface area contributed by atoms with Gasteiger partial charge >= 0.3 is 0 Å². The average Bonchev–Trinajstić information content (AvgIpc) is 3.88. The van der Waals surface area contributed by atoms with Gasteiger partial charge in [-0.15, -0.1) is 0 Å². The number of hydrogen-bond acceptors (Lipinski definition) is 2. The quantitative estimate of drug-likeness (QED) is 0.167. The van der Waals surface area contributed by atoms with Crippen LogP contribution in [0.2, 0.25) is 0 Å². The van der Waals surface area contributed by atoms with Gasteiger partial charge in [0.05, 0.1) is 27.6 Å². The Kier molecular flexibility index (Phi) is 6.98. The van der Waals surface area contributed by atoms with Crippen LogP contribution in [-0.2, 0) is 0 Å². The number of aromatic nitrogens is 4. The summed E-state index contributed by atoms with van der Waals surface area (Å²) in [5.74, 6) is 0.819. The van der Waals surface area contributed by atoms with E-state index in [1.54, 1.807) is 0 Å². The molecule has 3 aromatic heterocycles. The predicted octanol–water partition coefficient (Wildman–Crippen LogP) is 14.6. The fraction of sp³-hybridized carbons (Fsp3) is 0. The fourth-order valence-electron chi connectivity index (χ4n) is 9.90. The zero-order valence-corrected chi connectivity index (χ0v) is 32.4. The molecule has 0 saturated carbocycles. The van der Waals surface area contributed by atoms with Crippen LogP contribution in [0, 0.1) is 0 Å². The minimum Gasteiger partial charge on any atom is -0.278 e. The van der Waals surface area contributed by atoms with Crippen LogP contribution in [0.5, 0.6) is 0 Å². The second kappa shape index (κ2) is 12.7. The van der Waals surface area contributed by atoms with Crippen molar-refractivity contribution in [3.8, 4) is 39.3 Å². The first-order chi connectivity index (χ1) is 29.8. The van der Waals surface area contributed by atoms with Gasteiger partial charge in [0.1, 0.15) is 5.65 Å². The lowest BCUT2D eigenvalue weighted by Gasteiger charge is -2.20. The SMILES string of the molecule is c1ccc(-c2ccc(-c3c4ccccc4c(-c4cc5c6ccccc6n(-c6nc7ccccc7c7nc8ccccc8n67)c5c5ccccc45)c4ccccc34)cc2)cc1. The largest absolute Gasteiger partial charge is 0.278 e. The minimum absolute atomic E-state index is 0.819. The van der Waals surface area contributed by atoms with Crippen molar-refractivity contribution >= 4 is 81.7 Å². The van der Waals surface area contributed by atoms with Gasteiger partial charge in [0, 0.05) is 21.5 Å². The molecular formula is C56H34N4. The highest BCUT2D eigenvalue weighted by atomic mass is 15.2. The molecule has 0 spiro atoms. The van der Waals surface area contributed by atoms with Crippen molar-refractivity contribution in [2.75, 3.05) is 0 Å². The summed E-state index contributed by atoms with van der Waals surface area (Å²) in [5.41, 5.74) is 13.4. The zero-order chi connectivity index (χ0) is 39.3. The summed E-state index contributed by atoms with van der Waals surface area (Å²) < 4.78 is 4.63. The van der Waals surface area contributed by atoms with Gasteiger partial charge in [-0.2, -0.15) is 0 Å². The summed E-state index contributed by atoms with van der Waals surface area (Å²) in [6.07, 6.45) is 0. The first-order valence-corrected chi connectivity index (χ1v) is 20.5. The third kappa shape index (κ3) is 4.67. The van der Waals surface area contributed by atoms with Crippen molar-refractivity contribution in [1.82, 2.24) is 18.9 Å². The van der Waals surface area contributed by atoms with Crippen molar-refractivity contribution in [3.05, 3.63) is 206 Å². The van der Waals surface area contributed by atoms with Crippen LogP contribution in [0.15, 0.2) is 206 Å². The van der Waals surface area contributed by atoms with Crippen LogP contribution in [0.1, 0.15) is 0 Å². The number of nitrogens with zero attached hydrogens (tertiary/aromatic N) is 4. The van der Waals surface area contributed by atoms with E-state index in [4.69, 9.17) is 9.97 Å². The molecule has 0 aliphatic heterocycles. The van der Waals surface area contributed by atoms with Crippen LogP contribution in [0.4, 0.5) is 0 Å². The molecule has 10 aromatic carbocycles. The van der Waals surface area contributed by atoms with Gasteiger partial charge in [0.15, 0.2) is 0 Å². The van der Waals surface area contributed by atoms with Crippen molar-refractivity contribution in [2.45, 2.75) is 0 Å². The van der Waals surface area contributed by atoms with E-state index in [-0.39, 0.29) is 0 Å². The first kappa shape index (κ1) is 32.9. The molecule has 4 heteroatoms. The van der Waals surface area contributed by atoms with Crippen LogP contribution in [0.25, 0.3) is 121 Å². The third-order valence-corrected chi connectivity index (χ3v) is 12.5. The number of imidazole rings is 1. The van der Waals surface area contributed by atoms with E-state index in [9.17, 15) is 0 Å². The second-order valence-electron chi connectivity index (χ2n) is 15.7. The van der Waals surface area contributed by atoms with Gasteiger partial charge in [0.2, 0.25) is 5.95 Å². The maximum absolute atomic E-state index is 5.48. The summed E-state index contributed by atoms with van der Waals surface area (Å²) in [4.78, 5) is 10.7. The predicted molar refractivity (Wildman–Crippen MR) is 251 cm³/mol. The Balaban J connectivity index is 1.14. The minimum atomic E-state index is 0.819. The smallest absolute Gasteiger partial charge is 0.221 e. The van der Waals surface area contributed by atoms with Gasteiger partial charge in [-0.25, -0.2) is 9.97 Å². The van der Waals surface area contributed by atoms with E-state index in [1.807, 2.05) is 0 Å². The molecule has 13 aromatic rings. The molecule has 278 valence electrons. The summed E-state index contributed by atoms with van der Waals surface area (Å²) in [7, 11) is 0. The van der Waals surface area contributed by atoms with Crippen LogP contribution >= 0.6 is 0 Å². The molecule has 0 saturated heterocycles. The highest BCUT2D eigenvalue weighted by Crippen LogP contribution is 2.48. The Bertz CT molecular complexity index is 3820. The van der Waals surface area contributed by atoms with E-state index < -0.39 is 0 Å². The van der Waals surface area contributed by atoms with E-state index in [0.29, 0.717) is 0 Å². The molecule has 0 N–H and O–H groups in total. The summed E-state index contributed by atoms with van der Waals surface area (Å²) in [6.45, 7) is 0. The van der Waals surface area contributed by atoms with E-state index in [2.05, 4.69) is 215 Å². The molecule has 4 nitrogen and oxygen atoms in total. The van der Waals surface area contributed by atoms with E-state index in [1.165, 1.54) is 76.5 Å². The number of rotatable bonds is 4. The average molecular weight is 763 g/mol. The lowest BCUT2D eigenvalue weighted by Crippen LogP contribution is -2.06. The number of para-hydroxylation sites is 4. The van der Waals surface area contributed by atoms with Crippen molar-refractivity contribution in [2.24, 2.45) is 0 Å². The van der Waals surface area contributed by atoms with Crippen molar-refractivity contribution in [3.63, 3.8) is 0 Å². The molecule has 0 unspecified atom stereocenters. The first-order valence-electron chi connectivity index (χ1n) is 20.5. The van der Waals surface area contributed by atoms with Gasteiger partial charge in [-0.05, 0) is 96.7 Å². The number of benzene rings is 10. The van der Waals surface area contributed by atoms with Crippen LogP contribution in [-0.4, -0.2) is 18.9 Å². The molecule has 0 atom stereocenters. The fourth-order valence-corrected chi connectivity index (χ4v) is 9.90. The Morgan fingerprint density at radius 3 is 1.52 bits per heavy atom. The molecule has 0 fully saturated rings. The van der Waals surface area contributed by atoms with Crippen molar-refractivity contribution in [1.29, 1.82) is 0 Å². The Morgan fingerprint density at radius 1 is 0.317 bits per heavy atom.